The van der Waals surface area contributed by atoms with Crippen molar-refractivity contribution in [1.82, 2.24) is 9.55 Å². The van der Waals surface area contributed by atoms with Crippen LogP contribution in [0.15, 0.2) is 103 Å². The first-order chi connectivity index (χ1) is 28.4. The van der Waals surface area contributed by atoms with Crippen molar-refractivity contribution >= 4 is 44.6 Å². The van der Waals surface area contributed by atoms with E-state index in [0.29, 0.717) is 11.5 Å². The Morgan fingerprint density at radius 3 is 1.73 bits per heavy atom. The van der Waals surface area contributed by atoms with Crippen LogP contribution in [-0.4, -0.2) is 9.55 Å². The second kappa shape index (κ2) is 15.7. The quantitative estimate of drug-likeness (QED) is 0.161. The van der Waals surface area contributed by atoms with Gasteiger partial charge >= 0.3 is 0 Å². The summed E-state index contributed by atoms with van der Waals surface area (Å²) in [4.78, 5) is 9.54. The first kappa shape index (κ1) is 45.2. The normalized spacial score (nSPS) is 13.8. The predicted octanol–water partition coefficient (Wildman–Crippen LogP) is 15.5. The van der Waals surface area contributed by atoms with Gasteiger partial charge in [-0.1, -0.05) is 140 Å². The minimum absolute atomic E-state index is 0. The second-order valence-electron chi connectivity index (χ2n) is 22.1. The monoisotopic (exact) mass is 1000 g/mol. The maximum absolute atomic E-state index is 6.87. The Bertz CT molecular complexity index is 2760. The van der Waals surface area contributed by atoms with E-state index >= 15 is 0 Å². The molecule has 0 bridgehead atoms. The number of para-hydroxylation sites is 1. The number of pyridine rings is 1. The van der Waals surface area contributed by atoms with Gasteiger partial charge in [-0.2, -0.15) is 6.07 Å². The summed E-state index contributed by atoms with van der Waals surface area (Å²) in [7, 11) is 0. The maximum atomic E-state index is 6.87. The van der Waals surface area contributed by atoms with E-state index in [1.165, 1.54) is 22.3 Å². The molecule has 8 rings (SSSR count). The zero-order valence-corrected chi connectivity index (χ0v) is 41.7. The molecule has 0 amide bonds. The van der Waals surface area contributed by atoms with Crippen molar-refractivity contribution < 1.29 is 25.8 Å². The molecule has 7 aromatic rings. The molecule has 0 fully saturated rings. The fourth-order valence-electron chi connectivity index (χ4n) is 8.08. The minimum Gasteiger partial charge on any atom is -0.509 e. The smallest absolute Gasteiger partial charge is 0.135 e. The van der Waals surface area contributed by atoms with Gasteiger partial charge < -0.3 is 19.1 Å². The van der Waals surface area contributed by atoms with E-state index in [9.17, 15) is 0 Å². The Morgan fingerprint density at radius 1 is 0.500 bits per heavy atom. The van der Waals surface area contributed by atoms with Crippen molar-refractivity contribution in [2.45, 2.75) is 131 Å². The fourth-order valence-corrected chi connectivity index (χ4v) is 8.08. The molecule has 5 nitrogen and oxygen atoms in total. The van der Waals surface area contributed by atoms with Gasteiger partial charge in [0.15, 0.2) is 0 Å². The first-order valence-electron chi connectivity index (χ1n) is 21.8. The van der Waals surface area contributed by atoms with E-state index in [1.807, 2.05) is 12.3 Å². The number of anilines is 4. The van der Waals surface area contributed by atoms with E-state index in [4.69, 9.17) is 9.72 Å². The molecule has 1 aliphatic heterocycles. The van der Waals surface area contributed by atoms with Crippen LogP contribution in [0.3, 0.4) is 0 Å². The second-order valence-corrected chi connectivity index (χ2v) is 22.1. The summed E-state index contributed by atoms with van der Waals surface area (Å²) in [5.41, 5.74) is 12.3. The van der Waals surface area contributed by atoms with Crippen LogP contribution in [0, 0.1) is 18.8 Å². The van der Waals surface area contributed by atoms with Gasteiger partial charge in [-0.05, 0) is 97.2 Å². The van der Waals surface area contributed by atoms with Crippen molar-refractivity contribution in [3.63, 3.8) is 0 Å². The number of fused-ring (bicyclic) bond motifs is 4. The number of hydrogen-bond acceptors (Lipinski definition) is 4. The van der Waals surface area contributed by atoms with Crippen molar-refractivity contribution in [3.05, 3.63) is 150 Å². The van der Waals surface area contributed by atoms with Gasteiger partial charge in [-0.3, -0.25) is 0 Å². The van der Waals surface area contributed by atoms with Gasteiger partial charge in [-0.25, -0.2) is 4.98 Å². The molecule has 1 aliphatic rings. The van der Waals surface area contributed by atoms with Crippen LogP contribution in [0.25, 0.3) is 27.6 Å². The summed E-state index contributed by atoms with van der Waals surface area (Å²) in [6.07, 6.45) is 1.91. The molecule has 0 saturated carbocycles. The average Bonchev–Trinajstić information content (AvgIpc) is 3.72. The molecule has 0 atom stereocenters. The Kier molecular flexibility index (Phi) is 11.5. The third kappa shape index (κ3) is 8.72. The number of aromatic nitrogens is 2. The summed E-state index contributed by atoms with van der Waals surface area (Å²) in [6, 6.07) is 42.9. The molecule has 5 aromatic carbocycles. The van der Waals surface area contributed by atoms with Crippen molar-refractivity contribution in [2.24, 2.45) is 0 Å². The third-order valence-electron chi connectivity index (χ3n) is 12.1. The molecule has 6 heteroatoms. The Morgan fingerprint density at radius 2 is 1.10 bits per heavy atom. The van der Waals surface area contributed by atoms with E-state index in [0.717, 1.165) is 55.9 Å². The molecule has 0 saturated heterocycles. The van der Waals surface area contributed by atoms with Gasteiger partial charge in [0.1, 0.15) is 5.82 Å². The molecule has 0 spiro atoms. The zero-order chi connectivity index (χ0) is 44.0. The fraction of sp³-hybridized carbons (Fsp3) is 0.357. The molecular formula is C56H63N4OPt-3. The van der Waals surface area contributed by atoms with E-state index in [-0.39, 0.29) is 48.1 Å². The van der Waals surface area contributed by atoms with Gasteiger partial charge in [-0.15, -0.1) is 53.6 Å². The molecule has 0 unspecified atom stereocenters. The van der Waals surface area contributed by atoms with Crippen molar-refractivity contribution in [1.29, 1.82) is 0 Å². The number of nitrogens with zero attached hydrogens (tertiary/aromatic N) is 4. The van der Waals surface area contributed by atoms with E-state index < -0.39 is 0 Å². The van der Waals surface area contributed by atoms with Gasteiger partial charge in [0.2, 0.25) is 0 Å². The Hall–Kier alpha value is -4.86. The summed E-state index contributed by atoms with van der Waals surface area (Å²) in [5, 5.41) is 2.25. The molecule has 3 heterocycles. The maximum Gasteiger partial charge on any atom is 0.135 e. The Labute approximate surface area is 385 Å². The summed E-state index contributed by atoms with van der Waals surface area (Å²) in [6.45, 7) is 36.3. The largest absolute Gasteiger partial charge is 0.509 e. The Balaban J connectivity index is 0.00000578. The number of hydrogen-bond donors (Lipinski definition) is 0. The number of ether oxygens (including phenoxy) is 1. The van der Waals surface area contributed by atoms with Crippen LogP contribution in [0.4, 0.5) is 22.7 Å². The molecule has 2 aromatic heterocycles. The molecule has 0 N–H and O–H groups in total. The van der Waals surface area contributed by atoms with Crippen molar-refractivity contribution in [3.8, 4) is 17.3 Å². The van der Waals surface area contributed by atoms with Crippen LogP contribution in [-0.2, 0) is 48.1 Å². The molecule has 0 aliphatic carbocycles. The molecule has 62 heavy (non-hydrogen) atoms. The SMILES string of the molecule is CC(C)(C)c1cc(Oc2[c-]c3c(cc2)c2ccccc2n3-c2cc(C(C)(C)C)ccn2)[c-]c(N2[CH-]N(c3cc(C(C)(C)C)cc(C(C)(C)C)c3)c3ccc(C(C)(C)C)cc32)c1.[Pt]. The summed E-state index contributed by atoms with van der Waals surface area (Å²) < 4.78 is 9.09. The van der Waals surface area contributed by atoms with E-state index in [2.05, 4.69) is 228 Å². The average molecular weight is 1000 g/mol. The van der Waals surface area contributed by atoms with Crippen molar-refractivity contribution in [2.75, 3.05) is 9.80 Å². The third-order valence-corrected chi connectivity index (χ3v) is 12.1. The number of benzene rings is 5. The summed E-state index contributed by atoms with van der Waals surface area (Å²) >= 11 is 0. The standard InChI is InChI=1S/C56H63N4O.Pt/c1-52(2,3)36-20-23-48-50(31-36)59(35-58(48)41-27-38(54(7,8)9)26-39(28-41)55(10,11)12)42-29-40(56(13,14)15)30-44(33-42)61-43-21-22-46-45-18-16-17-19-47(45)60(49(46)34-43)51-32-37(24-25-57-51)53(4,5)6;/h16-32,35H,1-15H3;/q-3;. The van der Waals surface area contributed by atoms with Crippen LogP contribution < -0.4 is 14.5 Å². The van der Waals surface area contributed by atoms with Crippen LogP contribution in [0.5, 0.6) is 11.5 Å². The number of rotatable bonds is 5. The van der Waals surface area contributed by atoms with Crippen LogP contribution >= 0.6 is 0 Å². The predicted molar refractivity (Wildman–Crippen MR) is 258 cm³/mol. The first-order valence-corrected chi connectivity index (χ1v) is 21.8. The minimum atomic E-state index is -0.163. The molecule has 0 radical (unpaired) electrons. The van der Waals surface area contributed by atoms with Crippen LogP contribution in [0.1, 0.15) is 132 Å². The molecule has 326 valence electrons. The topological polar surface area (TPSA) is 33.5 Å². The van der Waals surface area contributed by atoms with Gasteiger partial charge in [0, 0.05) is 61.3 Å². The zero-order valence-electron chi connectivity index (χ0n) is 39.4. The van der Waals surface area contributed by atoms with E-state index in [1.54, 1.807) is 0 Å². The van der Waals surface area contributed by atoms with Gasteiger partial charge in [0.05, 0.1) is 0 Å². The summed E-state index contributed by atoms with van der Waals surface area (Å²) in [5.74, 6) is 2.12. The van der Waals surface area contributed by atoms with Gasteiger partial charge in [0.25, 0.3) is 0 Å². The molecular weight excluding hydrogens is 940 g/mol. The van der Waals surface area contributed by atoms with Crippen LogP contribution in [0.2, 0.25) is 0 Å².